The number of nitrogens with zero attached hydrogens (tertiary/aromatic N) is 1. The SMILES string of the molecule is CCc1ccc(S(=O)(=O)N2CCCNCC2)s1.Cl. The molecule has 1 aromatic heterocycles. The third-order valence-electron chi connectivity index (χ3n) is 2.88. The second-order valence-corrected chi connectivity index (χ2v) is 7.42. The Bertz CT molecular complexity index is 465. The fourth-order valence-corrected chi connectivity index (χ4v) is 4.80. The summed E-state index contributed by atoms with van der Waals surface area (Å²) in [4.78, 5) is 1.12. The average Bonchev–Trinajstić information content (AvgIpc) is 2.64. The van der Waals surface area contributed by atoms with Gasteiger partial charge in [-0.25, -0.2) is 8.42 Å². The number of hydrogen-bond donors (Lipinski definition) is 1. The van der Waals surface area contributed by atoms with E-state index in [1.54, 1.807) is 10.4 Å². The number of hydrogen-bond acceptors (Lipinski definition) is 4. The van der Waals surface area contributed by atoms with Crippen molar-refractivity contribution >= 4 is 33.8 Å². The number of nitrogens with one attached hydrogen (secondary N) is 1. The molecule has 0 bridgehead atoms. The van der Waals surface area contributed by atoms with Crippen molar-refractivity contribution < 1.29 is 8.42 Å². The van der Waals surface area contributed by atoms with Crippen molar-refractivity contribution in [2.24, 2.45) is 0 Å². The number of aryl methyl sites for hydroxylation is 1. The van der Waals surface area contributed by atoms with E-state index < -0.39 is 10.0 Å². The van der Waals surface area contributed by atoms with Gasteiger partial charge in [-0.15, -0.1) is 23.7 Å². The Morgan fingerprint density at radius 1 is 1.33 bits per heavy atom. The molecule has 104 valence electrons. The first-order valence-electron chi connectivity index (χ1n) is 5.94. The van der Waals surface area contributed by atoms with Crippen LogP contribution in [0, 0.1) is 0 Å². The summed E-state index contributed by atoms with van der Waals surface area (Å²) in [5.41, 5.74) is 0. The molecule has 1 saturated heterocycles. The molecule has 1 aromatic rings. The molecule has 1 aliphatic heterocycles. The third-order valence-corrected chi connectivity index (χ3v) is 6.47. The maximum Gasteiger partial charge on any atom is 0.252 e. The monoisotopic (exact) mass is 310 g/mol. The van der Waals surface area contributed by atoms with Crippen molar-refractivity contribution in [2.45, 2.75) is 24.0 Å². The van der Waals surface area contributed by atoms with Crippen LogP contribution < -0.4 is 5.32 Å². The number of sulfonamides is 1. The number of thiophene rings is 1. The first-order chi connectivity index (χ1) is 8.14. The van der Waals surface area contributed by atoms with Crippen LogP contribution in [0.3, 0.4) is 0 Å². The molecule has 7 heteroatoms. The first kappa shape index (κ1) is 15.9. The molecular weight excluding hydrogens is 292 g/mol. The van der Waals surface area contributed by atoms with Crippen LogP contribution in [0.2, 0.25) is 0 Å². The minimum absolute atomic E-state index is 0. The molecule has 4 nitrogen and oxygen atoms in total. The predicted molar refractivity (Wildman–Crippen MR) is 77.2 cm³/mol. The second-order valence-electron chi connectivity index (χ2n) is 4.08. The lowest BCUT2D eigenvalue weighted by Gasteiger charge is -2.18. The molecular formula is C11H19ClN2O2S2. The smallest absolute Gasteiger partial charge is 0.252 e. The van der Waals surface area contributed by atoms with Gasteiger partial charge in [0.15, 0.2) is 0 Å². The zero-order valence-corrected chi connectivity index (χ0v) is 12.8. The highest BCUT2D eigenvalue weighted by Gasteiger charge is 2.26. The standard InChI is InChI=1S/C11H18N2O2S2.ClH/c1-2-10-4-5-11(16-10)17(14,15)13-8-3-6-12-7-9-13;/h4-5,12H,2-3,6-9H2,1H3;1H. The molecule has 0 unspecified atom stereocenters. The molecule has 0 aromatic carbocycles. The summed E-state index contributed by atoms with van der Waals surface area (Å²) in [6, 6.07) is 3.64. The minimum Gasteiger partial charge on any atom is -0.315 e. The normalized spacial score (nSPS) is 18.1. The van der Waals surface area contributed by atoms with E-state index in [1.165, 1.54) is 11.3 Å². The second kappa shape index (κ2) is 6.86. The Kier molecular flexibility index (Phi) is 6.07. The Balaban J connectivity index is 0.00000162. The van der Waals surface area contributed by atoms with Crippen LogP contribution in [0.4, 0.5) is 0 Å². The van der Waals surface area contributed by atoms with Gasteiger partial charge in [0.1, 0.15) is 4.21 Å². The first-order valence-corrected chi connectivity index (χ1v) is 8.20. The van der Waals surface area contributed by atoms with Crippen LogP contribution in [-0.2, 0) is 16.4 Å². The van der Waals surface area contributed by atoms with E-state index in [1.807, 2.05) is 13.0 Å². The van der Waals surface area contributed by atoms with E-state index in [0.29, 0.717) is 17.3 Å². The van der Waals surface area contributed by atoms with E-state index in [0.717, 1.165) is 30.8 Å². The molecule has 2 rings (SSSR count). The highest BCUT2D eigenvalue weighted by atomic mass is 35.5. The van der Waals surface area contributed by atoms with E-state index in [4.69, 9.17) is 0 Å². The summed E-state index contributed by atoms with van der Waals surface area (Å²) < 4.78 is 26.8. The Labute approximate surface area is 119 Å². The number of rotatable bonds is 3. The van der Waals surface area contributed by atoms with Crippen LogP contribution in [-0.4, -0.2) is 38.9 Å². The Hall–Kier alpha value is -0.140. The van der Waals surface area contributed by atoms with Crippen LogP contribution in [0.1, 0.15) is 18.2 Å². The largest absolute Gasteiger partial charge is 0.315 e. The molecule has 0 saturated carbocycles. The lowest BCUT2D eigenvalue weighted by Crippen LogP contribution is -2.33. The van der Waals surface area contributed by atoms with Crippen molar-refractivity contribution in [2.75, 3.05) is 26.2 Å². The summed E-state index contributed by atoms with van der Waals surface area (Å²) in [6.45, 7) is 4.87. The summed E-state index contributed by atoms with van der Waals surface area (Å²) >= 11 is 1.39. The topological polar surface area (TPSA) is 49.4 Å². The van der Waals surface area contributed by atoms with Crippen LogP contribution in [0.5, 0.6) is 0 Å². The summed E-state index contributed by atoms with van der Waals surface area (Å²) in [6.07, 6.45) is 1.77. The molecule has 1 aliphatic rings. The fraction of sp³-hybridized carbons (Fsp3) is 0.636. The Morgan fingerprint density at radius 3 is 2.78 bits per heavy atom. The van der Waals surface area contributed by atoms with Crippen molar-refractivity contribution in [3.05, 3.63) is 17.0 Å². The van der Waals surface area contributed by atoms with Crippen LogP contribution >= 0.6 is 23.7 Å². The van der Waals surface area contributed by atoms with Gasteiger partial charge >= 0.3 is 0 Å². The van der Waals surface area contributed by atoms with Gasteiger partial charge in [-0.05, 0) is 31.5 Å². The molecule has 0 aliphatic carbocycles. The van der Waals surface area contributed by atoms with Crippen molar-refractivity contribution in [1.82, 2.24) is 9.62 Å². The molecule has 0 spiro atoms. The van der Waals surface area contributed by atoms with Gasteiger partial charge in [0.25, 0.3) is 10.0 Å². The van der Waals surface area contributed by atoms with Gasteiger partial charge in [0.2, 0.25) is 0 Å². The van der Waals surface area contributed by atoms with Crippen molar-refractivity contribution in [3.63, 3.8) is 0 Å². The van der Waals surface area contributed by atoms with Gasteiger partial charge in [-0.1, -0.05) is 6.92 Å². The van der Waals surface area contributed by atoms with E-state index >= 15 is 0 Å². The maximum atomic E-state index is 12.4. The van der Waals surface area contributed by atoms with Gasteiger partial charge in [-0.2, -0.15) is 4.31 Å². The summed E-state index contributed by atoms with van der Waals surface area (Å²) in [5.74, 6) is 0. The molecule has 0 amide bonds. The lowest BCUT2D eigenvalue weighted by molar-refractivity contribution is 0.433. The predicted octanol–water partition coefficient (Wildman–Crippen LogP) is 1.72. The minimum atomic E-state index is -3.26. The fourth-order valence-electron chi connectivity index (χ4n) is 1.88. The lowest BCUT2D eigenvalue weighted by atomic mass is 10.4. The molecule has 0 radical (unpaired) electrons. The van der Waals surface area contributed by atoms with Gasteiger partial charge in [0.05, 0.1) is 0 Å². The van der Waals surface area contributed by atoms with Crippen LogP contribution in [0.25, 0.3) is 0 Å². The van der Waals surface area contributed by atoms with Gasteiger partial charge < -0.3 is 5.32 Å². The quantitative estimate of drug-likeness (QED) is 0.925. The van der Waals surface area contributed by atoms with E-state index in [9.17, 15) is 8.42 Å². The molecule has 2 heterocycles. The summed E-state index contributed by atoms with van der Waals surface area (Å²) in [5, 5.41) is 3.21. The maximum absolute atomic E-state index is 12.4. The molecule has 18 heavy (non-hydrogen) atoms. The highest BCUT2D eigenvalue weighted by molar-refractivity contribution is 7.91. The van der Waals surface area contributed by atoms with E-state index in [2.05, 4.69) is 5.32 Å². The Morgan fingerprint density at radius 2 is 2.11 bits per heavy atom. The van der Waals surface area contributed by atoms with Crippen molar-refractivity contribution in [1.29, 1.82) is 0 Å². The average molecular weight is 311 g/mol. The molecule has 1 N–H and O–H groups in total. The van der Waals surface area contributed by atoms with Gasteiger partial charge in [0, 0.05) is 24.5 Å². The van der Waals surface area contributed by atoms with E-state index in [-0.39, 0.29) is 12.4 Å². The molecule has 0 atom stereocenters. The van der Waals surface area contributed by atoms with Gasteiger partial charge in [-0.3, -0.25) is 0 Å². The zero-order valence-electron chi connectivity index (χ0n) is 10.4. The zero-order chi connectivity index (χ0) is 12.3. The summed E-state index contributed by atoms with van der Waals surface area (Å²) in [7, 11) is -3.26. The molecule has 1 fully saturated rings. The van der Waals surface area contributed by atoms with Crippen LogP contribution in [0.15, 0.2) is 16.3 Å². The number of halogens is 1. The highest BCUT2D eigenvalue weighted by Crippen LogP contribution is 2.25. The van der Waals surface area contributed by atoms with Crippen molar-refractivity contribution in [3.8, 4) is 0 Å². The third kappa shape index (κ3) is 3.45.